The number of hydrogen-bond donors (Lipinski definition) is 1. The van der Waals surface area contributed by atoms with E-state index >= 15 is 0 Å². The molecule has 0 aliphatic rings. The minimum atomic E-state index is -0.791. The molecule has 2 aromatic heterocycles. The van der Waals surface area contributed by atoms with Gasteiger partial charge in [0.2, 0.25) is 5.89 Å². The minimum Gasteiger partial charge on any atom is -0.441 e. The van der Waals surface area contributed by atoms with Crippen molar-refractivity contribution < 1.29 is 18.0 Å². The maximum Gasteiger partial charge on any atom is 0.258 e. The second kappa shape index (κ2) is 8.14. The van der Waals surface area contributed by atoms with Crippen molar-refractivity contribution in [3.05, 3.63) is 88.6 Å². The zero-order chi connectivity index (χ0) is 22.1. The van der Waals surface area contributed by atoms with Crippen LogP contribution in [-0.2, 0) is 6.54 Å². The van der Waals surface area contributed by atoms with E-state index in [9.17, 15) is 13.6 Å². The molecule has 31 heavy (non-hydrogen) atoms. The summed E-state index contributed by atoms with van der Waals surface area (Å²) in [6, 6.07) is 11.5. The second-order valence-corrected chi connectivity index (χ2v) is 7.26. The van der Waals surface area contributed by atoms with Crippen LogP contribution in [0, 0.1) is 32.4 Å². The van der Waals surface area contributed by atoms with Crippen LogP contribution in [0.1, 0.15) is 33.2 Å². The lowest BCUT2D eigenvalue weighted by atomic mass is 10.1. The molecule has 1 N–H and O–H groups in total. The molecule has 0 atom stereocenters. The van der Waals surface area contributed by atoms with E-state index in [1.165, 1.54) is 0 Å². The highest BCUT2D eigenvalue weighted by Crippen LogP contribution is 2.24. The molecule has 0 saturated carbocycles. The van der Waals surface area contributed by atoms with Crippen molar-refractivity contribution >= 4 is 11.6 Å². The van der Waals surface area contributed by atoms with Gasteiger partial charge in [-0.25, -0.2) is 13.8 Å². The predicted molar refractivity (Wildman–Crippen MR) is 112 cm³/mol. The van der Waals surface area contributed by atoms with Gasteiger partial charge in [-0.15, -0.1) is 0 Å². The third-order valence-electron chi connectivity index (χ3n) is 4.86. The fraction of sp³-hybridized carbons (Fsp3) is 0.174. The van der Waals surface area contributed by atoms with E-state index in [4.69, 9.17) is 4.42 Å². The number of nitrogens with zero attached hydrogens (tertiary/aromatic N) is 3. The largest absolute Gasteiger partial charge is 0.441 e. The van der Waals surface area contributed by atoms with Crippen molar-refractivity contribution in [1.29, 1.82) is 0 Å². The smallest absolute Gasteiger partial charge is 0.258 e. The number of rotatable bonds is 5. The fourth-order valence-corrected chi connectivity index (χ4v) is 3.24. The average molecular weight is 422 g/mol. The van der Waals surface area contributed by atoms with Gasteiger partial charge in [0, 0.05) is 16.9 Å². The minimum absolute atomic E-state index is 0.360. The Bertz CT molecular complexity index is 1260. The van der Waals surface area contributed by atoms with Crippen molar-refractivity contribution in [1.82, 2.24) is 14.8 Å². The highest BCUT2D eigenvalue weighted by Gasteiger charge is 2.15. The van der Waals surface area contributed by atoms with E-state index in [2.05, 4.69) is 15.4 Å². The van der Waals surface area contributed by atoms with Crippen LogP contribution in [0.4, 0.5) is 14.5 Å². The molecule has 6 nitrogen and oxygen atoms in total. The Balaban J connectivity index is 1.50. The van der Waals surface area contributed by atoms with Gasteiger partial charge in [-0.05, 0) is 69.3 Å². The van der Waals surface area contributed by atoms with Crippen LogP contribution in [0.2, 0.25) is 0 Å². The normalized spacial score (nSPS) is 11.0. The molecule has 4 aromatic rings. The van der Waals surface area contributed by atoms with Gasteiger partial charge in [0.05, 0.1) is 17.8 Å². The first-order valence-corrected chi connectivity index (χ1v) is 9.64. The molecule has 1 amide bonds. The first-order chi connectivity index (χ1) is 14.8. The third kappa shape index (κ3) is 4.37. The number of nitrogens with one attached hydrogen (secondary N) is 1. The van der Waals surface area contributed by atoms with Crippen molar-refractivity contribution in [3.63, 3.8) is 0 Å². The maximum absolute atomic E-state index is 13.8. The lowest BCUT2D eigenvalue weighted by Crippen LogP contribution is -2.14. The van der Waals surface area contributed by atoms with Crippen molar-refractivity contribution in [3.8, 4) is 11.5 Å². The summed E-state index contributed by atoms with van der Waals surface area (Å²) in [6.45, 7) is 6.27. The summed E-state index contributed by atoms with van der Waals surface area (Å²) < 4.78 is 34.8. The topological polar surface area (TPSA) is 73.0 Å². The molecule has 0 unspecified atom stereocenters. The number of amides is 1. The van der Waals surface area contributed by atoms with Crippen molar-refractivity contribution in [2.45, 2.75) is 27.3 Å². The zero-order valence-electron chi connectivity index (χ0n) is 17.2. The summed E-state index contributed by atoms with van der Waals surface area (Å²) >= 11 is 0. The number of benzene rings is 2. The summed E-state index contributed by atoms with van der Waals surface area (Å²) in [7, 11) is 0. The summed E-state index contributed by atoms with van der Waals surface area (Å²) in [5.74, 6) is -1.06. The van der Waals surface area contributed by atoms with E-state index in [1.54, 1.807) is 24.3 Å². The third-order valence-corrected chi connectivity index (χ3v) is 4.86. The van der Waals surface area contributed by atoms with Gasteiger partial charge in [-0.2, -0.15) is 5.10 Å². The molecule has 2 aromatic carbocycles. The summed E-state index contributed by atoms with van der Waals surface area (Å²) in [5.41, 5.74) is 3.55. The molecule has 8 heteroatoms. The lowest BCUT2D eigenvalue weighted by molar-refractivity contribution is 0.102. The molecule has 2 heterocycles. The van der Waals surface area contributed by atoms with Gasteiger partial charge >= 0.3 is 0 Å². The second-order valence-electron chi connectivity index (χ2n) is 7.26. The number of anilines is 1. The van der Waals surface area contributed by atoms with Gasteiger partial charge in [0.15, 0.2) is 0 Å². The number of aromatic nitrogens is 3. The average Bonchev–Trinajstić information content (AvgIpc) is 3.25. The van der Waals surface area contributed by atoms with Crippen LogP contribution < -0.4 is 5.32 Å². The van der Waals surface area contributed by atoms with Crippen LogP contribution >= 0.6 is 0 Å². The van der Waals surface area contributed by atoms with Gasteiger partial charge in [-0.3, -0.25) is 9.48 Å². The highest BCUT2D eigenvalue weighted by molar-refractivity contribution is 6.04. The number of carbonyl (C=O) groups is 1. The van der Waals surface area contributed by atoms with Gasteiger partial charge in [-0.1, -0.05) is 0 Å². The molecule has 0 bridgehead atoms. The van der Waals surface area contributed by atoms with Crippen LogP contribution in [0.5, 0.6) is 0 Å². The summed E-state index contributed by atoms with van der Waals surface area (Å²) in [5, 5.41) is 7.00. The first-order valence-electron chi connectivity index (χ1n) is 9.64. The molecule has 158 valence electrons. The molecular formula is C23H20F2N4O2. The molecule has 0 aliphatic carbocycles. The Morgan fingerprint density at radius 1 is 1.06 bits per heavy atom. The lowest BCUT2D eigenvalue weighted by Gasteiger charge is -2.07. The monoisotopic (exact) mass is 422 g/mol. The van der Waals surface area contributed by atoms with Gasteiger partial charge in [0.25, 0.3) is 5.91 Å². The number of halogens is 2. The number of carbonyl (C=O) groups excluding carboxylic acids is 1. The van der Waals surface area contributed by atoms with E-state index in [-0.39, 0.29) is 5.56 Å². The Morgan fingerprint density at radius 3 is 2.48 bits per heavy atom. The van der Waals surface area contributed by atoms with Crippen LogP contribution in [0.25, 0.3) is 11.5 Å². The SMILES string of the molecule is Cc1cc(C)n(Cc2nc(-c3ccc(NC(=O)c4cc(F)ccc4F)cc3)oc2C)n1. The Hall–Kier alpha value is -3.81. The maximum atomic E-state index is 13.8. The quantitative estimate of drug-likeness (QED) is 0.489. The standard InChI is InChI=1S/C23H20F2N4O2/c1-13-10-14(2)29(28-13)12-21-15(3)31-23(27-21)16-4-7-18(8-5-16)26-22(30)19-11-17(24)6-9-20(19)25/h4-11H,12H2,1-3H3,(H,26,30). The van der Waals surface area contributed by atoms with E-state index in [0.29, 0.717) is 23.9 Å². The van der Waals surface area contributed by atoms with Crippen LogP contribution in [0.3, 0.4) is 0 Å². The molecule has 0 radical (unpaired) electrons. The van der Waals surface area contributed by atoms with Gasteiger partial charge in [0.1, 0.15) is 23.1 Å². The Morgan fingerprint density at radius 2 is 1.81 bits per heavy atom. The van der Waals surface area contributed by atoms with Gasteiger partial charge < -0.3 is 9.73 Å². The van der Waals surface area contributed by atoms with Crippen molar-refractivity contribution in [2.75, 3.05) is 5.32 Å². The van der Waals surface area contributed by atoms with Crippen LogP contribution in [-0.4, -0.2) is 20.7 Å². The Kier molecular flexibility index (Phi) is 5.37. The van der Waals surface area contributed by atoms with E-state index in [1.807, 2.05) is 31.5 Å². The number of aryl methyl sites for hydroxylation is 3. The zero-order valence-corrected chi connectivity index (χ0v) is 17.2. The molecule has 0 aliphatic heterocycles. The van der Waals surface area contributed by atoms with Crippen molar-refractivity contribution in [2.24, 2.45) is 0 Å². The fourth-order valence-electron chi connectivity index (χ4n) is 3.24. The number of oxazole rings is 1. The molecule has 0 saturated heterocycles. The van der Waals surface area contributed by atoms with E-state index < -0.39 is 17.5 Å². The summed E-state index contributed by atoms with van der Waals surface area (Å²) in [6.07, 6.45) is 0. The number of hydrogen-bond acceptors (Lipinski definition) is 4. The predicted octanol–water partition coefficient (Wildman–Crippen LogP) is 5.04. The highest BCUT2D eigenvalue weighted by atomic mass is 19.1. The summed E-state index contributed by atoms with van der Waals surface area (Å²) in [4.78, 5) is 16.8. The van der Waals surface area contributed by atoms with E-state index in [0.717, 1.165) is 40.8 Å². The molecule has 0 spiro atoms. The first kappa shape index (κ1) is 20.5. The molecule has 4 rings (SSSR count). The Labute approximate surface area is 177 Å². The molecular weight excluding hydrogens is 402 g/mol. The van der Waals surface area contributed by atoms with Crippen LogP contribution in [0.15, 0.2) is 52.9 Å². The molecule has 0 fully saturated rings.